The number of aromatic nitrogens is 1. The first-order chi connectivity index (χ1) is 11.3. The van der Waals surface area contributed by atoms with Gasteiger partial charge in [0.1, 0.15) is 0 Å². The molecule has 0 spiro atoms. The van der Waals surface area contributed by atoms with E-state index in [1.807, 2.05) is 35.2 Å². The average molecular weight is 320 g/mol. The zero-order chi connectivity index (χ0) is 15.6. The van der Waals surface area contributed by atoms with Gasteiger partial charge < -0.3 is 4.90 Å². The predicted molar refractivity (Wildman–Crippen MR) is 94.6 cm³/mol. The summed E-state index contributed by atoms with van der Waals surface area (Å²) in [5.74, 6) is 0.0947. The minimum Gasteiger partial charge on any atom is -0.335 e. The molecule has 2 aromatic heterocycles. The molecular weight excluding hydrogens is 304 g/mol. The molecule has 0 bridgehead atoms. The lowest BCUT2D eigenvalue weighted by Gasteiger charge is -2.26. The number of benzene rings is 1. The molecular formula is C19H16N2OS. The zero-order valence-electron chi connectivity index (χ0n) is 12.6. The van der Waals surface area contributed by atoms with E-state index in [0.29, 0.717) is 6.54 Å². The second-order valence-corrected chi connectivity index (χ2v) is 6.57. The number of hydrogen-bond acceptors (Lipinski definition) is 3. The summed E-state index contributed by atoms with van der Waals surface area (Å²) in [6.07, 6.45) is 4.86. The Morgan fingerprint density at radius 2 is 2.13 bits per heavy atom. The van der Waals surface area contributed by atoms with Gasteiger partial charge in [-0.15, -0.1) is 11.3 Å². The molecule has 3 nitrogen and oxygen atoms in total. The average Bonchev–Trinajstić information content (AvgIpc) is 3.15. The molecule has 0 unspecified atom stereocenters. The molecule has 0 atom stereocenters. The van der Waals surface area contributed by atoms with Crippen molar-refractivity contribution in [2.75, 3.05) is 13.1 Å². The van der Waals surface area contributed by atoms with Crippen LogP contribution in [0.1, 0.15) is 21.7 Å². The fraction of sp³-hybridized carbons (Fsp3) is 0.158. The Balaban J connectivity index is 1.55. The van der Waals surface area contributed by atoms with E-state index < -0.39 is 0 Å². The van der Waals surface area contributed by atoms with Gasteiger partial charge in [-0.25, -0.2) is 0 Å². The number of hydrogen-bond donors (Lipinski definition) is 0. The van der Waals surface area contributed by atoms with Gasteiger partial charge in [0.05, 0.1) is 5.52 Å². The smallest absolute Gasteiger partial charge is 0.254 e. The van der Waals surface area contributed by atoms with Gasteiger partial charge in [-0.05, 0) is 47.7 Å². The Labute approximate surface area is 138 Å². The van der Waals surface area contributed by atoms with Crippen LogP contribution < -0.4 is 0 Å². The highest BCUT2D eigenvalue weighted by Crippen LogP contribution is 2.26. The maximum atomic E-state index is 12.7. The van der Waals surface area contributed by atoms with E-state index in [2.05, 4.69) is 28.6 Å². The number of fused-ring (bicyclic) bond motifs is 1. The van der Waals surface area contributed by atoms with Crippen molar-refractivity contribution in [2.45, 2.75) is 6.42 Å². The number of rotatable bonds is 2. The quantitative estimate of drug-likeness (QED) is 0.708. The van der Waals surface area contributed by atoms with E-state index in [9.17, 15) is 4.79 Å². The lowest BCUT2D eigenvalue weighted by atomic mass is 10.0. The summed E-state index contributed by atoms with van der Waals surface area (Å²) in [5.41, 5.74) is 3.01. The maximum Gasteiger partial charge on any atom is 0.254 e. The standard InChI is InChI=1S/C19H16N2OS/c22-19(16-5-6-17-15(13-16)3-1-9-20-17)21-10-7-14(8-11-21)18-4-2-12-23-18/h1-7,9,12-13H,8,10-11H2. The van der Waals surface area contributed by atoms with Gasteiger partial charge >= 0.3 is 0 Å². The van der Waals surface area contributed by atoms with E-state index in [1.54, 1.807) is 17.5 Å². The van der Waals surface area contributed by atoms with Gasteiger partial charge in [0.2, 0.25) is 0 Å². The molecule has 4 heteroatoms. The number of pyridine rings is 1. The van der Waals surface area contributed by atoms with Gasteiger partial charge in [0, 0.05) is 35.1 Å². The fourth-order valence-electron chi connectivity index (χ4n) is 2.93. The molecule has 3 heterocycles. The third-order valence-electron chi connectivity index (χ3n) is 4.18. The third-order valence-corrected chi connectivity index (χ3v) is 5.13. The number of carbonyl (C=O) groups is 1. The lowest BCUT2D eigenvalue weighted by Crippen LogP contribution is -2.34. The van der Waals surface area contributed by atoms with E-state index in [0.717, 1.165) is 29.4 Å². The molecule has 4 rings (SSSR count). The molecule has 3 aromatic rings. The molecule has 23 heavy (non-hydrogen) atoms. The van der Waals surface area contributed by atoms with Crippen LogP contribution in [-0.2, 0) is 0 Å². The zero-order valence-corrected chi connectivity index (χ0v) is 13.4. The summed E-state index contributed by atoms with van der Waals surface area (Å²) in [6.45, 7) is 1.45. The SMILES string of the molecule is O=C(c1ccc2ncccc2c1)N1CC=C(c2cccs2)CC1. The Morgan fingerprint density at radius 1 is 1.17 bits per heavy atom. The summed E-state index contributed by atoms with van der Waals surface area (Å²) in [5, 5.41) is 3.10. The highest BCUT2D eigenvalue weighted by molar-refractivity contribution is 7.11. The van der Waals surface area contributed by atoms with Crippen molar-refractivity contribution in [3.05, 3.63) is 70.6 Å². The van der Waals surface area contributed by atoms with Crippen molar-refractivity contribution in [3.63, 3.8) is 0 Å². The molecule has 1 aromatic carbocycles. The Bertz CT molecular complexity index is 883. The topological polar surface area (TPSA) is 33.2 Å². The van der Waals surface area contributed by atoms with Crippen LogP contribution in [-0.4, -0.2) is 28.9 Å². The lowest BCUT2D eigenvalue weighted by molar-refractivity contribution is 0.0773. The molecule has 1 aliphatic heterocycles. The fourth-order valence-corrected chi connectivity index (χ4v) is 3.73. The van der Waals surface area contributed by atoms with Crippen LogP contribution in [0.5, 0.6) is 0 Å². The molecule has 0 saturated heterocycles. The highest BCUT2D eigenvalue weighted by atomic mass is 32.1. The second-order valence-electron chi connectivity index (χ2n) is 5.62. The van der Waals surface area contributed by atoms with E-state index in [-0.39, 0.29) is 5.91 Å². The summed E-state index contributed by atoms with van der Waals surface area (Å²) < 4.78 is 0. The van der Waals surface area contributed by atoms with Gasteiger partial charge in [0.15, 0.2) is 0 Å². The maximum absolute atomic E-state index is 12.7. The van der Waals surface area contributed by atoms with Gasteiger partial charge in [-0.1, -0.05) is 18.2 Å². The van der Waals surface area contributed by atoms with Gasteiger partial charge in [-0.2, -0.15) is 0 Å². The highest BCUT2D eigenvalue weighted by Gasteiger charge is 2.19. The Hall–Kier alpha value is -2.46. The van der Waals surface area contributed by atoms with Gasteiger partial charge in [0.25, 0.3) is 5.91 Å². The molecule has 0 aliphatic carbocycles. The summed E-state index contributed by atoms with van der Waals surface area (Å²) >= 11 is 1.76. The van der Waals surface area contributed by atoms with Crippen molar-refractivity contribution in [3.8, 4) is 0 Å². The first-order valence-electron chi connectivity index (χ1n) is 7.68. The third kappa shape index (κ3) is 2.78. The van der Waals surface area contributed by atoms with Crippen LogP contribution >= 0.6 is 11.3 Å². The molecule has 1 amide bonds. The van der Waals surface area contributed by atoms with Crippen molar-refractivity contribution in [1.29, 1.82) is 0 Å². The summed E-state index contributed by atoms with van der Waals surface area (Å²) in [7, 11) is 0. The van der Waals surface area contributed by atoms with Crippen LogP contribution in [0.4, 0.5) is 0 Å². The van der Waals surface area contributed by atoms with Crippen LogP contribution in [0.3, 0.4) is 0 Å². The molecule has 1 aliphatic rings. The van der Waals surface area contributed by atoms with Crippen LogP contribution in [0, 0.1) is 0 Å². The largest absolute Gasteiger partial charge is 0.335 e. The van der Waals surface area contributed by atoms with Crippen LogP contribution in [0.2, 0.25) is 0 Å². The minimum absolute atomic E-state index is 0.0947. The Morgan fingerprint density at radius 3 is 2.91 bits per heavy atom. The minimum atomic E-state index is 0.0947. The van der Waals surface area contributed by atoms with Gasteiger partial charge in [-0.3, -0.25) is 9.78 Å². The molecule has 0 saturated carbocycles. The van der Waals surface area contributed by atoms with Crippen LogP contribution in [0.15, 0.2) is 60.1 Å². The molecule has 0 N–H and O–H groups in total. The normalized spacial score (nSPS) is 14.8. The molecule has 0 fully saturated rings. The number of carbonyl (C=O) groups excluding carboxylic acids is 1. The van der Waals surface area contributed by atoms with Crippen molar-refractivity contribution >= 4 is 33.7 Å². The number of nitrogens with zero attached hydrogens (tertiary/aromatic N) is 2. The first-order valence-corrected chi connectivity index (χ1v) is 8.56. The van der Waals surface area contributed by atoms with Crippen LogP contribution in [0.25, 0.3) is 16.5 Å². The van der Waals surface area contributed by atoms with Crippen molar-refractivity contribution in [1.82, 2.24) is 9.88 Å². The number of amides is 1. The Kier molecular flexibility index (Phi) is 3.67. The van der Waals surface area contributed by atoms with Crippen molar-refractivity contribution < 1.29 is 4.79 Å². The monoisotopic (exact) mass is 320 g/mol. The summed E-state index contributed by atoms with van der Waals surface area (Å²) in [4.78, 5) is 20.2. The molecule has 0 radical (unpaired) electrons. The predicted octanol–water partition coefficient (Wildman–Crippen LogP) is 4.23. The van der Waals surface area contributed by atoms with Crippen molar-refractivity contribution in [2.24, 2.45) is 0 Å². The number of thiophene rings is 1. The van der Waals surface area contributed by atoms with E-state index >= 15 is 0 Å². The summed E-state index contributed by atoms with van der Waals surface area (Å²) in [6, 6.07) is 13.8. The first kappa shape index (κ1) is 14.2. The van der Waals surface area contributed by atoms with E-state index in [1.165, 1.54) is 10.5 Å². The second kappa shape index (κ2) is 5.97. The molecule has 114 valence electrons. The van der Waals surface area contributed by atoms with E-state index in [4.69, 9.17) is 0 Å².